The fraction of sp³-hybridized carbons (Fsp3) is 0.192. The number of carbonyl (C=O) groups is 2. The van der Waals surface area contributed by atoms with E-state index in [-0.39, 0.29) is 18.2 Å². The van der Waals surface area contributed by atoms with Gasteiger partial charge < -0.3 is 9.64 Å². The maximum atomic E-state index is 14.1. The molecule has 0 N–H and O–H groups in total. The van der Waals surface area contributed by atoms with Gasteiger partial charge in [0.2, 0.25) is 0 Å². The van der Waals surface area contributed by atoms with Crippen molar-refractivity contribution in [2.24, 2.45) is 0 Å². The van der Waals surface area contributed by atoms with Gasteiger partial charge in [-0.2, -0.15) is 5.26 Å². The fourth-order valence-corrected chi connectivity index (χ4v) is 4.13. The van der Waals surface area contributed by atoms with E-state index in [1.54, 1.807) is 48.5 Å². The number of halogens is 1. The van der Waals surface area contributed by atoms with Crippen molar-refractivity contribution in [3.05, 3.63) is 101 Å². The van der Waals surface area contributed by atoms with Crippen LogP contribution >= 0.6 is 0 Å². The van der Waals surface area contributed by atoms with Crippen LogP contribution in [0, 0.1) is 17.1 Å². The Morgan fingerprint density at radius 2 is 1.91 bits per heavy atom. The summed E-state index contributed by atoms with van der Waals surface area (Å²) in [5.41, 5.74) is 3.25. The molecule has 2 aliphatic carbocycles. The topological polar surface area (TPSA) is 70.4 Å². The first-order valence-electron chi connectivity index (χ1n) is 10.5. The van der Waals surface area contributed by atoms with E-state index in [1.165, 1.54) is 12.1 Å². The number of Topliss-reactive ketones (excluding diaryl/α,β-unsaturated/α-hetero) is 1. The summed E-state index contributed by atoms with van der Waals surface area (Å²) in [6.45, 7) is 0. The number of carbonyl (C=O) groups excluding carboxylic acids is 2. The van der Waals surface area contributed by atoms with Crippen LogP contribution in [0.2, 0.25) is 0 Å². The molecular formula is C26H19FN2O3. The van der Waals surface area contributed by atoms with Gasteiger partial charge in [-0.1, -0.05) is 30.3 Å². The fourth-order valence-electron chi connectivity index (χ4n) is 4.13. The molecular weight excluding hydrogens is 407 g/mol. The van der Waals surface area contributed by atoms with Gasteiger partial charge in [-0.05, 0) is 59.9 Å². The van der Waals surface area contributed by atoms with Gasteiger partial charge in [-0.3, -0.25) is 4.79 Å². The summed E-state index contributed by atoms with van der Waals surface area (Å²) >= 11 is 0. The average Bonchev–Trinajstić information content (AvgIpc) is 3.64. The van der Waals surface area contributed by atoms with Gasteiger partial charge in [0.15, 0.2) is 11.9 Å². The van der Waals surface area contributed by atoms with Crippen molar-refractivity contribution in [3.63, 3.8) is 0 Å². The Kier molecular flexibility index (Phi) is 4.95. The second-order valence-corrected chi connectivity index (χ2v) is 8.05. The van der Waals surface area contributed by atoms with Gasteiger partial charge in [-0.25, -0.2) is 9.18 Å². The lowest BCUT2D eigenvalue weighted by atomic mass is 9.81. The minimum atomic E-state index is -1.08. The molecule has 0 aromatic heterocycles. The highest BCUT2D eigenvalue weighted by Crippen LogP contribution is 2.44. The zero-order chi connectivity index (χ0) is 22.2. The Morgan fingerprint density at radius 3 is 2.59 bits per heavy atom. The molecule has 1 fully saturated rings. The highest BCUT2D eigenvalue weighted by atomic mass is 19.1. The van der Waals surface area contributed by atoms with Crippen LogP contribution in [0.1, 0.15) is 35.2 Å². The van der Waals surface area contributed by atoms with Crippen molar-refractivity contribution < 1.29 is 18.7 Å². The first-order valence-corrected chi connectivity index (χ1v) is 10.5. The van der Waals surface area contributed by atoms with Crippen molar-refractivity contribution >= 4 is 17.3 Å². The molecule has 1 saturated carbocycles. The molecule has 1 unspecified atom stereocenters. The van der Waals surface area contributed by atoms with Gasteiger partial charge in [0, 0.05) is 24.2 Å². The molecule has 3 aliphatic rings. The average molecular weight is 426 g/mol. The number of hydrogen-bond acceptors (Lipinski definition) is 5. The molecule has 0 bridgehead atoms. The predicted molar refractivity (Wildman–Crippen MR) is 115 cm³/mol. The molecule has 2 aromatic carbocycles. The van der Waals surface area contributed by atoms with Gasteiger partial charge >= 0.3 is 5.97 Å². The Hall–Kier alpha value is -3.98. The number of nitriles is 1. The second kappa shape index (κ2) is 7.93. The number of rotatable bonds is 4. The third-order valence-corrected chi connectivity index (χ3v) is 5.81. The Balaban J connectivity index is 1.58. The highest BCUT2D eigenvalue weighted by molar-refractivity contribution is 6.00. The number of esters is 1. The lowest BCUT2D eigenvalue weighted by molar-refractivity contribution is -0.125. The lowest BCUT2D eigenvalue weighted by Gasteiger charge is -2.33. The molecule has 0 radical (unpaired) electrons. The summed E-state index contributed by atoms with van der Waals surface area (Å²) in [6, 6.07) is 17.0. The van der Waals surface area contributed by atoms with Crippen molar-refractivity contribution in [2.45, 2.75) is 31.4 Å². The molecule has 5 rings (SSSR count). The number of ether oxygens (including phenoxy) is 1. The molecule has 1 aliphatic heterocycles. The smallest absolute Gasteiger partial charge is 0.339 e. The van der Waals surface area contributed by atoms with Crippen molar-refractivity contribution in [2.75, 3.05) is 0 Å². The van der Waals surface area contributed by atoms with E-state index >= 15 is 0 Å². The monoisotopic (exact) mass is 426 g/mol. The number of benzene rings is 2. The van der Waals surface area contributed by atoms with Crippen LogP contribution in [-0.4, -0.2) is 28.8 Å². The predicted octanol–water partition coefficient (Wildman–Crippen LogP) is 4.55. The van der Waals surface area contributed by atoms with Gasteiger partial charge in [0.25, 0.3) is 0 Å². The maximum absolute atomic E-state index is 14.1. The first-order chi connectivity index (χ1) is 15.5. The van der Waals surface area contributed by atoms with Crippen LogP contribution in [0.5, 0.6) is 0 Å². The standard InChI is InChI=1S/C26H19FN2O3/c27-19-8-4-7-17(11-19)25-21-13-24(32-26(31)16-5-2-1-3-6-16)23(30)12-18(21)15-29(20-9-10-20)22(25)14-28/h1-8,11,13,15,20,24H,9-10,12H2. The Labute approximate surface area is 184 Å². The molecule has 158 valence electrons. The number of allylic oxidation sites excluding steroid dienone is 4. The third-order valence-electron chi connectivity index (χ3n) is 5.81. The number of nitrogens with zero attached hydrogens (tertiary/aromatic N) is 2. The zero-order valence-electron chi connectivity index (χ0n) is 17.1. The molecule has 1 heterocycles. The molecule has 0 saturated heterocycles. The molecule has 5 nitrogen and oxygen atoms in total. The largest absolute Gasteiger partial charge is 0.446 e. The van der Waals surface area contributed by atoms with Gasteiger partial charge in [-0.15, -0.1) is 0 Å². The highest BCUT2D eigenvalue weighted by Gasteiger charge is 2.39. The van der Waals surface area contributed by atoms with Crippen LogP contribution < -0.4 is 0 Å². The van der Waals surface area contributed by atoms with Crippen LogP contribution in [-0.2, 0) is 9.53 Å². The number of fused-ring (bicyclic) bond motifs is 1. The van der Waals surface area contributed by atoms with E-state index in [9.17, 15) is 19.2 Å². The quantitative estimate of drug-likeness (QED) is 0.671. The van der Waals surface area contributed by atoms with Gasteiger partial charge in [0.1, 0.15) is 17.6 Å². The molecule has 0 spiro atoms. The van der Waals surface area contributed by atoms with Crippen molar-refractivity contribution in [3.8, 4) is 6.07 Å². The SMILES string of the molecule is N#CC1=C(c2cccc(F)c2)C2=CC(OC(=O)c3ccccc3)C(=O)CC2=CN1C1CC1. The van der Waals surface area contributed by atoms with E-state index in [2.05, 4.69) is 6.07 Å². The number of ketones is 1. The van der Waals surface area contributed by atoms with Crippen molar-refractivity contribution in [1.29, 1.82) is 5.26 Å². The molecule has 0 amide bonds. The minimum absolute atomic E-state index is 0.0688. The Morgan fingerprint density at radius 1 is 1.12 bits per heavy atom. The summed E-state index contributed by atoms with van der Waals surface area (Å²) in [6.07, 6.45) is 4.33. The normalized spacial score (nSPS) is 20.2. The van der Waals surface area contributed by atoms with E-state index < -0.39 is 17.9 Å². The number of hydrogen-bond donors (Lipinski definition) is 0. The van der Waals surface area contributed by atoms with Crippen LogP contribution in [0.4, 0.5) is 4.39 Å². The maximum Gasteiger partial charge on any atom is 0.339 e. The van der Waals surface area contributed by atoms with E-state index in [4.69, 9.17) is 4.74 Å². The first kappa shape index (κ1) is 20.0. The van der Waals surface area contributed by atoms with Crippen LogP contribution in [0.3, 0.4) is 0 Å². The summed E-state index contributed by atoms with van der Waals surface area (Å²) in [5, 5.41) is 9.99. The summed E-state index contributed by atoms with van der Waals surface area (Å²) in [4.78, 5) is 27.3. The van der Waals surface area contributed by atoms with Crippen molar-refractivity contribution in [1.82, 2.24) is 4.90 Å². The minimum Gasteiger partial charge on any atom is -0.446 e. The summed E-state index contributed by atoms with van der Waals surface area (Å²) in [5.74, 6) is -1.25. The lowest BCUT2D eigenvalue weighted by Crippen LogP contribution is -2.33. The summed E-state index contributed by atoms with van der Waals surface area (Å²) in [7, 11) is 0. The molecule has 1 atom stereocenters. The molecule has 6 heteroatoms. The Bertz CT molecular complexity index is 1250. The molecule has 32 heavy (non-hydrogen) atoms. The summed E-state index contributed by atoms with van der Waals surface area (Å²) < 4.78 is 19.6. The van der Waals surface area contributed by atoms with Crippen LogP contribution in [0.15, 0.2) is 83.7 Å². The van der Waals surface area contributed by atoms with E-state index in [0.717, 1.165) is 18.4 Å². The van der Waals surface area contributed by atoms with Crippen LogP contribution in [0.25, 0.3) is 5.57 Å². The zero-order valence-corrected chi connectivity index (χ0v) is 17.1. The van der Waals surface area contributed by atoms with E-state index in [0.29, 0.717) is 28.0 Å². The molecule has 2 aromatic rings. The second-order valence-electron chi connectivity index (χ2n) is 8.05. The van der Waals surface area contributed by atoms with Gasteiger partial charge in [0.05, 0.1) is 5.56 Å². The van der Waals surface area contributed by atoms with E-state index in [1.807, 2.05) is 11.1 Å². The third kappa shape index (κ3) is 3.63.